The van der Waals surface area contributed by atoms with Crippen molar-refractivity contribution >= 4 is 9.84 Å². The van der Waals surface area contributed by atoms with Gasteiger partial charge in [-0.05, 0) is 30.5 Å². The molecule has 2 rings (SSSR count). The van der Waals surface area contributed by atoms with Crippen LogP contribution in [0.4, 0.5) is 0 Å². The number of aliphatic hydroxyl groups is 1. The summed E-state index contributed by atoms with van der Waals surface area (Å²) in [5.41, 5.74) is -0.323. The zero-order valence-corrected chi connectivity index (χ0v) is 10.3. The van der Waals surface area contributed by atoms with E-state index in [9.17, 15) is 13.5 Å². The molecule has 1 atom stereocenters. The van der Waals surface area contributed by atoms with E-state index >= 15 is 0 Å². The molecule has 1 aliphatic rings. The molecule has 0 spiro atoms. The van der Waals surface area contributed by atoms with E-state index < -0.39 is 15.4 Å². The monoisotopic (exact) mass is 256 g/mol. The third-order valence-corrected chi connectivity index (χ3v) is 4.94. The number of hydrogen-bond donors (Lipinski definition) is 2. The summed E-state index contributed by atoms with van der Waals surface area (Å²) in [4.78, 5) is 0. The van der Waals surface area contributed by atoms with E-state index in [4.69, 9.17) is 5.11 Å². The van der Waals surface area contributed by atoms with Crippen molar-refractivity contribution in [1.82, 2.24) is 0 Å². The Hall–Kier alpha value is -1.07. The molecule has 0 saturated carbocycles. The van der Waals surface area contributed by atoms with Crippen LogP contribution >= 0.6 is 0 Å². The molecule has 0 aromatic heterocycles. The molecule has 0 bridgehead atoms. The van der Waals surface area contributed by atoms with Crippen LogP contribution in [-0.4, -0.2) is 35.7 Å². The van der Waals surface area contributed by atoms with E-state index in [-0.39, 0.29) is 17.3 Å². The van der Waals surface area contributed by atoms with Gasteiger partial charge in [0.2, 0.25) is 0 Å². The lowest BCUT2D eigenvalue weighted by atomic mass is 9.91. The lowest BCUT2D eigenvalue weighted by molar-refractivity contribution is 0.0502. The summed E-state index contributed by atoms with van der Waals surface area (Å²) in [5.74, 6) is 0.170. The van der Waals surface area contributed by atoms with Crippen LogP contribution in [0.2, 0.25) is 0 Å². The van der Waals surface area contributed by atoms with Gasteiger partial charge in [-0.2, -0.15) is 0 Å². The average molecular weight is 256 g/mol. The predicted octanol–water partition coefficient (Wildman–Crippen LogP) is 0.874. The van der Waals surface area contributed by atoms with Gasteiger partial charge in [0.05, 0.1) is 17.1 Å². The highest BCUT2D eigenvalue weighted by Gasteiger charge is 2.37. The highest BCUT2D eigenvalue weighted by atomic mass is 32.2. The Kier molecular flexibility index (Phi) is 3.14. The summed E-state index contributed by atoms with van der Waals surface area (Å²) in [6.07, 6.45) is 1.33. The largest absolute Gasteiger partial charge is 0.508 e. The fourth-order valence-corrected chi connectivity index (χ4v) is 4.10. The molecule has 2 N–H and O–H groups in total. The maximum Gasteiger partial charge on any atom is 0.153 e. The number of aromatic hydroxyl groups is 1. The molecule has 94 valence electrons. The molecule has 1 heterocycles. The minimum atomic E-state index is -3.12. The van der Waals surface area contributed by atoms with Crippen molar-refractivity contribution in [1.29, 1.82) is 0 Å². The van der Waals surface area contributed by atoms with Crippen LogP contribution in [0, 0.1) is 0 Å². The number of sulfone groups is 1. The highest BCUT2D eigenvalue weighted by Crippen LogP contribution is 2.27. The van der Waals surface area contributed by atoms with Crippen molar-refractivity contribution in [3.05, 3.63) is 29.8 Å². The van der Waals surface area contributed by atoms with Crippen LogP contribution in [0.1, 0.15) is 18.4 Å². The van der Waals surface area contributed by atoms with E-state index in [1.54, 1.807) is 12.1 Å². The van der Waals surface area contributed by atoms with Crippen LogP contribution < -0.4 is 0 Å². The summed E-state index contributed by atoms with van der Waals surface area (Å²) in [7, 11) is -3.12. The maximum absolute atomic E-state index is 11.5. The second kappa shape index (κ2) is 4.31. The van der Waals surface area contributed by atoms with Crippen LogP contribution in [0.5, 0.6) is 5.75 Å². The third kappa shape index (κ3) is 3.20. The average Bonchev–Trinajstić information content (AvgIpc) is 2.19. The quantitative estimate of drug-likeness (QED) is 0.823. The molecule has 1 fully saturated rings. The van der Waals surface area contributed by atoms with Crippen molar-refractivity contribution in [2.24, 2.45) is 0 Å². The summed E-state index contributed by atoms with van der Waals surface area (Å²) >= 11 is 0. The van der Waals surface area contributed by atoms with E-state index in [2.05, 4.69) is 0 Å². The standard InChI is InChI=1S/C12H16O4S/c13-11-4-2-10(3-5-11)8-12(14)6-1-7-17(15,16)9-12/h2-5,13-14H,1,6-9H2. The molecule has 0 aliphatic carbocycles. The summed E-state index contributed by atoms with van der Waals surface area (Å²) in [5, 5.41) is 19.4. The van der Waals surface area contributed by atoms with Gasteiger partial charge in [-0.3, -0.25) is 0 Å². The van der Waals surface area contributed by atoms with Crippen LogP contribution in [0.15, 0.2) is 24.3 Å². The lowest BCUT2D eigenvalue weighted by Gasteiger charge is -2.31. The molecule has 1 unspecified atom stereocenters. The molecular weight excluding hydrogens is 240 g/mol. The molecule has 5 heteroatoms. The smallest absolute Gasteiger partial charge is 0.153 e. The van der Waals surface area contributed by atoms with E-state index in [0.717, 1.165) is 5.56 Å². The predicted molar refractivity (Wildman–Crippen MR) is 64.6 cm³/mol. The van der Waals surface area contributed by atoms with Crippen LogP contribution in [0.3, 0.4) is 0 Å². The maximum atomic E-state index is 11.5. The van der Waals surface area contributed by atoms with Gasteiger partial charge in [-0.1, -0.05) is 12.1 Å². The molecular formula is C12H16O4S. The Labute approximate surface area is 101 Å². The Morgan fingerprint density at radius 1 is 1.24 bits per heavy atom. The van der Waals surface area contributed by atoms with Crippen molar-refractivity contribution < 1.29 is 18.6 Å². The minimum absolute atomic E-state index is 0.164. The number of phenols is 1. The van der Waals surface area contributed by atoms with Gasteiger partial charge in [0, 0.05) is 6.42 Å². The molecule has 0 amide bonds. The minimum Gasteiger partial charge on any atom is -0.508 e. The van der Waals surface area contributed by atoms with Crippen molar-refractivity contribution in [3.8, 4) is 5.75 Å². The van der Waals surface area contributed by atoms with Crippen molar-refractivity contribution in [2.75, 3.05) is 11.5 Å². The van der Waals surface area contributed by atoms with Gasteiger partial charge in [0.15, 0.2) is 9.84 Å². The number of rotatable bonds is 2. The van der Waals surface area contributed by atoms with E-state index in [0.29, 0.717) is 19.3 Å². The first-order chi connectivity index (χ1) is 7.89. The Morgan fingerprint density at radius 3 is 2.47 bits per heavy atom. The van der Waals surface area contributed by atoms with Gasteiger partial charge in [0.1, 0.15) is 5.75 Å². The summed E-state index contributed by atoms with van der Waals surface area (Å²) in [6.45, 7) is 0. The first kappa shape index (κ1) is 12.4. The Balaban J connectivity index is 2.14. The van der Waals surface area contributed by atoms with Gasteiger partial charge in [-0.15, -0.1) is 0 Å². The van der Waals surface area contributed by atoms with Gasteiger partial charge in [0.25, 0.3) is 0 Å². The molecule has 4 nitrogen and oxygen atoms in total. The zero-order chi connectivity index (χ0) is 12.5. The molecule has 1 aromatic rings. The lowest BCUT2D eigenvalue weighted by Crippen LogP contribution is -2.44. The van der Waals surface area contributed by atoms with Crippen LogP contribution in [0.25, 0.3) is 0 Å². The van der Waals surface area contributed by atoms with Gasteiger partial charge < -0.3 is 10.2 Å². The Bertz CT molecular complexity index is 492. The van der Waals surface area contributed by atoms with Gasteiger partial charge in [-0.25, -0.2) is 8.42 Å². The molecule has 1 aliphatic heterocycles. The molecule has 1 aromatic carbocycles. The molecule has 0 radical (unpaired) electrons. The summed E-state index contributed by atoms with van der Waals surface area (Å²) in [6, 6.07) is 6.48. The highest BCUT2D eigenvalue weighted by molar-refractivity contribution is 7.91. The fourth-order valence-electron chi connectivity index (χ4n) is 2.31. The van der Waals surface area contributed by atoms with Crippen molar-refractivity contribution in [3.63, 3.8) is 0 Å². The fraction of sp³-hybridized carbons (Fsp3) is 0.500. The number of hydrogen-bond acceptors (Lipinski definition) is 4. The topological polar surface area (TPSA) is 74.6 Å². The first-order valence-electron chi connectivity index (χ1n) is 5.59. The summed E-state index contributed by atoms with van der Waals surface area (Å²) < 4.78 is 23.0. The SMILES string of the molecule is O=S1(=O)CCCC(O)(Cc2ccc(O)cc2)C1. The molecule has 17 heavy (non-hydrogen) atoms. The molecule has 1 saturated heterocycles. The van der Waals surface area contributed by atoms with Crippen LogP contribution in [-0.2, 0) is 16.3 Å². The zero-order valence-electron chi connectivity index (χ0n) is 9.46. The van der Waals surface area contributed by atoms with Gasteiger partial charge >= 0.3 is 0 Å². The first-order valence-corrected chi connectivity index (χ1v) is 7.41. The van der Waals surface area contributed by atoms with Crippen molar-refractivity contribution in [2.45, 2.75) is 24.9 Å². The van der Waals surface area contributed by atoms with E-state index in [1.807, 2.05) is 0 Å². The normalized spacial score (nSPS) is 27.8. The number of phenolic OH excluding ortho intramolecular Hbond substituents is 1. The van der Waals surface area contributed by atoms with E-state index in [1.165, 1.54) is 12.1 Å². The third-order valence-electron chi connectivity index (χ3n) is 3.06. The number of benzene rings is 1. The Morgan fingerprint density at radius 2 is 1.88 bits per heavy atom. The second-order valence-electron chi connectivity index (χ2n) is 4.76. The second-order valence-corrected chi connectivity index (χ2v) is 6.95.